The van der Waals surface area contributed by atoms with Crippen molar-refractivity contribution in [3.8, 4) is 0 Å². The fourth-order valence-corrected chi connectivity index (χ4v) is 2.61. The van der Waals surface area contributed by atoms with Crippen LogP contribution in [0.4, 0.5) is 0 Å². The molecule has 1 saturated carbocycles. The van der Waals surface area contributed by atoms with Gasteiger partial charge in [0.05, 0.1) is 0 Å². The van der Waals surface area contributed by atoms with Crippen molar-refractivity contribution in [2.24, 2.45) is 11.8 Å². The summed E-state index contributed by atoms with van der Waals surface area (Å²) in [6, 6.07) is 0.775. The van der Waals surface area contributed by atoms with Crippen molar-refractivity contribution in [1.82, 2.24) is 5.32 Å². The van der Waals surface area contributed by atoms with Crippen molar-refractivity contribution < 1.29 is 4.74 Å². The summed E-state index contributed by atoms with van der Waals surface area (Å²) in [5.41, 5.74) is 0. The van der Waals surface area contributed by atoms with Gasteiger partial charge in [0.15, 0.2) is 0 Å². The molecule has 0 bridgehead atoms. The van der Waals surface area contributed by atoms with Gasteiger partial charge in [-0.25, -0.2) is 0 Å². The van der Waals surface area contributed by atoms with Crippen LogP contribution in [0.5, 0.6) is 0 Å². The quantitative estimate of drug-likeness (QED) is 0.674. The summed E-state index contributed by atoms with van der Waals surface area (Å²) in [6.45, 7) is 9.66. The van der Waals surface area contributed by atoms with Gasteiger partial charge in [-0.1, -0.05) is 13.8 Å². The molecule has 2 nitrogen and oxygen atoms in total. The van der Waals surface area contributed by atoms with Gasteiger partial charge in [0.2, 0.25) is 0 Å². The highest BCUT2D eigenvalue weighted by atomic mass is 16.5. The number of rotatable bonds is 7. The number of hydrogen-bond acceptors (Lipinski definition) is 2. The topological polar surface area (TPSA) is 21.3 Å². The normalized spacial score (nSPS) is 26.2. The van der Waals surface area contributed by atoms with Gasteiger partial charge < -0.3 is 10.1 Å². The molecule has 0 radical (unpaired) electrons. The Kier molecular flexibility index (Phi) is 7.06. The molecule has 1 rings (SSSR count). The number of nitrogens with one attached hydrogen (secondary N) is 1. The Labute approximate surface area is 101 Å². The first-order valence-corrected chi connectivity index (χ1v) is 7.05. The van der Waals surface area contributed by atoms with E-state index < -0.39 is 0 Å². The van der Waals surface area contributed by atoms with E-state index in [-0.39, 0.29) is 0 Å². The summed E-state index contributed by atoms with van der Waals surface area (Å²) >= 11 is 0. The molecule has 0 saturated heterocycles. The first-order valence-electron chi connectivity index (χ1n) is 7.05. The fourth-order valence-electron chi connectivity index (χ4n) is 2.61. The van der Waals surface area contributed by atoms with E-state index in [9.17, 15) is 0 Å². The van der Waals surface area contributed by atoms with Crippen molar-refractivity contribution in [2.75, 3.05) is 19.8 Å². The molecular weight excluding hydrogens is 198 g/mol. The van der Waals surface area contributed by atoms with Crippen LogP contribution in [0.25, 0.3) is 0 Å². The SMILES string of the molecule is CCOCCCNC1CCC(C(C)C)CC1. The third kappa shape index (κ3) is 5.31. The van der Waals surface area contributed by atoms with E-state index in [0.29, 0.717) is 0 Å². The van der Waals surface area contributed by atoms with Crippen molar-refractivity contribution in [1.29, 1.82) is 0 Å². The monoisotopic (exact) mass is 227 g/mol. The standard InChI is InChI=1S/C14H29NO/c1-4-16-11-5-10-15-14-8-6-13(7-9-14)12(2)3/h12-15H,4-11H2,1-3H3. The third-order valence-electron chi connectivity index (χ3n) is 3.82. The zero-order chi connectivity index (χ0) is 11.8. The molecule has 0 aromatic carbocycles. The zero-order valence-electron chi connectivity index (χ0n) is 11.3. The van der Waals surface area contributed by atoms with Crippen LogP contribution in [-0.4, -0.2) is 25.8 Å². The van der Waals surface area contributed by atoms with E-state index in [1.807, 2.05) is 0 Å². The van der Waals surface area contributed by atoms with Gasteiger partial charge in [-0.15, -0.1) is 0 Å². The van der Waals surface area contributed by atoms with Gasteiger partial charge in [-0.3, -0.25) is 0 Å². The Balaban J connectivity index is 1.99. The summed E-state index contributed by atoms with van der Waals surface area (Å²) in [6.07, 6.45) is 6.73. The van der Waals surface area contributed by atoms with Crippen LogP contribution in [0.15, 0.2) is 0 Å². The van der Waals surface area contributed by atoms with Crippen LogP contribution in [0.2, 0.25) is 0 Å². The Hall–Kier alpha value is -0.0800. The largest absolute Gasteiger partial charge is 0.382 e. The zero-order valence-corrected chi connectivity index (χ0v) is 11.3. The minimum Gasteiger partial charge on any atom is -0.382 e. The van der Waals surface area contributed by atoms with Crippen LogP contribution in [0, 0.1) is 11.8 Å². The third-order valence-corrected chi connectivity index (χ3v) is 3.82. The first-order chi connectivity index (χ1) is 7.74. The van der Waals surface area contributed by atoms with Gasteiger partial charge in [-0.05, 0) is 57.4 Å². The Bertz CT molecular complexity index is 162. The lowest BCUT2D eigenvalue weighted by atomic mass is 9.80. The smallest absolute Gasteiger partial charge is 0.0477 e. The molecule has 1 aliphatic carbocycles. The summed E-state index contributed by atoms with van der Waals surface area (Å²) < 4.78 is 5.33. The van der Waals surface area contributed by atoms with Crippen LogP contribution in [0.3, 0.4) is 0 Å². The summed E-state index contributed by atoms with van der Waals surface area (Å²) in [4.78, 5) is 0. The predicted molar refractivity (Wildman–Crippen MR) is 69.7 cm³/mol. The molecule has 0 unspecified atom stereocenters. The highest BCUT2D eigenvalue weighted by Crippen LogP contribution is 2.29. The van der Waals surface area contributed by atoms with Crippen molar-refractivity contribution >= 4 is 0 Å². The molecule has 96 valence electrons. The second-order valence-corrected chi connectivity index (χ2v) is 5.36. The Morgan fingerprint density at radius 3 is 2.44 bits per heavy atom. The predicted octanol–water partition coefficient (Wildman–Crippen LogP) is 3.22. The van der Waals surface area contributed by atoms with Crippen molar-refractivity contribution in [3.63, 3.8) is 0 Å². The van der Waals surface area contributed by atoms with E-state index >= 15 is 0 Å². The molecule has 0 spiro atoms. The molecular formula is C14H29NO. The maximum absolute atomic E-state index is 5.33. The van der Waals surface area contributed by atoms with Gasteiger partial charge in [0.25, 0.3) is 0 Å². The van der Waals surface area contributed by atoms with Crippen LogP contribution >= 0.6 is 0 Å². The molecule has 1 aliphatic rings. The molecule has 2 heteroatoms. The second kappa shape index (κ2) is 8.08. The molecule has 1 fully saturated rings. The summed E-state index contributed by atoms with van der Waals surface area (Å²) in [5, 5.41) is 3.66. The Morgan fingerprint density at radius 2 is 1.88 bits per heavy atom. The van der Waals surface area contributed by atoms with Gasteiger partial charge >= 0.3 is 0 Å². The van der Waals surface area contributed by atoms with Gasteiger partial charge in [0, 0.05) is 19.3 Å². The van der Waals surface area contributed by atoms with Crippen LogP contribution in [0.1, 0.15) is 52.9 Å². The van der Waals surface area contributed by atoms with E-state index in [2.05, 4.69) is 26.1 Å². The second-order valence-electron chi connectivity index (χ2n) is 5.36. The molecule has 16 heavy (non-hydrogen) atoms. The van der Waals surface area contributed by atoms with Crippen molar-refractivity contribution in [2.45, 2.75) is 58.9 Å². The maximum Gasteiger partial charge on any atom is 0.0477 e. The lowest BCUT2D eigenvalue weighted by molar-refractivity contribution is 0.142. The Morgan fingerprint density at radius 1 is 1.19 bits per heavy atom. The molecule has 0 aliphatic heterocycles. The average molecular weight is 227 g/mol. The van der Waals surface area contributed by atoms with E-state index in [1.165, 1.54) is 25.7 Å². The number of hydrogen-bond donors (Lipinski definition) is 1. The lowest BCUT2D eigenvalue weighted by Gasteiger charge is -2.31. The van der Waals surface area contributed by atoms with E-state index in [1.54, 1.807) is 0 Å². The average Bonchev–Trinajstić information content (AvgIpc) is 2.29. The highest BCUT2D eigenvalue weighted by Gasteiger charge is 2.22. The highest BCUT2D eigenvalue weighted by molar-refractivity contribution is 4.78. The van der Waals surface area contributed by atoms with Gasteiger partial charge in [-0.2, -0.15) is 0 Å². The van der Waals surface area contributed by atoms with Crippen LogP contribution in [-0.2, 0) is 4.74 Å². The minimum absolute atomic E-state index is 0.775. The van der Waals surface area contributed by atoms with Crippen molar-refractivity contribution in [3.05, 3.63) is 0 Å². The summed E-state index contributed by atoms with van der Waals surface area (Å²) in [7, 11) is 0. The summed E-state index contributed by atoms with van der Waals surface area (Å²) in [5.74, 6) is 1.85. The molecule has 0 atom stereocenters. The lowest BCUT2D eigenvalue weighted by Crippen LogP contribution is -2.35. The van der Waals surface area contributed by atoms with E-state index in [0.717, 1.165) is 44.1 Å². The van der Waals surface area contributed by atoms with Gasteiger partial charge in [0.1, 0.15) is 0 Å². The van der Waals surface area contributed by atoms with E-state index in [4.69, 9.17) is 4.74 Å². The molecule has 0 amide bonds. The molecule has 0 heterocycles. The molecule has 0 aromatic rings. The molecule has 1 N–H and O–H groups in total. The first kappa shape index (κ1) is 14.0. The van der Waals surface area contributed by atoms with Crippen LogP contribution < -0.4 is 5.32 Å². The maximum atomic E-state index is 5.33. The molecule has 0 aromatic heterocycles. The number of ether oxygens (including phenoxy) is 1. The minimum atomic E-state index is 0.775. The fraction of sp³-hybridized carbons (Fsp3) is 1.00.